The number of carbonyl (C=O) groups excluding carboxylic acids is 2. The second kappa shape index (κ2) is 11.8. The minimum Gasteiger partial charge on any atom is -0.380 e. The van der Waals surface area contributed by atoms with Crippen molar-refractivity contribution in [2.75, 3.05) is 6.54 Å². The van der Waals surface area contributed by atoms with E-state index in [1.165, 1.54) is 4.90 Å². The van der Waals surface area contributed by atoms with Gasteiger partial charge in [-0.05, 0) is 67.6 Å². The van der Waals surface area contributed by atoms with E-state index in [9.17, 15) is 19.8 Å². The number of imidazole rings is 1. The molecule has 0 radical (unpaired) electrons. The van der Waals surface area contributed by atoms with E-state index in [2.05, 4.69) is 14.9 Å². The van der Waals surface area contributed by atoms with E-state index >= 15 is 0 Å². The zero-order valence-electron chi connectivity index (χ0n) is 22.5. The maximum absolute atomic E-state index is 13.1. The number of aryl methyl sites for hydroxylation is 1. The molecule has 1 aliphatic rings. The van der Waals surface area contributed by atoms with Crippen LogP contribution in [0.1, 0.15) is 54.4 Å². The third-order valence-electron chi connectivity index (χ3n) is 7.61. The Morgan fingerprint density at radius 3 is 2.55 bits per heavy atom. The Morgan fingerprint density at radius 2 is 1.80 bits per heavy atom. The number of aliphatic hydroxyl groups excluding tert-OH is 2. The fourth-order valence-corrected chi connectivity index (χ4v) is 5.61. The molecule has 3 N–H and O–H groups in total. The first-order valence-corrected chi connectivity index (χ1v) is 13.8. The summed E-state index contributed by atoms with van der Waals surface area (Å²) in [6, 6.07) is 22.4. The molecule has 0 spiro atoms. The minimum absolute atomic E-state index is 0.266. The number of nitrogens with zero attached hydrogens (tertiary/aromatic N) is 3. The third-order valence-corrected chi connectivity index (χ3v) is 7.85. The number of rotatable bonds is 8. The molecule has 2 amide bonds. The largest absolute Gasteiger partial charge is 0.380 e. The Balaban J connectivity index is 1.20. The summed E-state index contributed by atoms with van der Waals surface area (Å²) in [5.74, 6) is -0.554. The molecule has 5 rings (SSSR count). The predicted octanol–water partition coefficient (Wildman–Crippen LogP) is 4.31. The quantitative estimate of drug-likeness (QED) is 0.298. The molecule has 0 aliphatic carbocycles. The van der Waals surface area contributed by atoms with Crippen molar-refractivity contribution < 1.29 is 19.8 Å². The van der Waals surface area contributed by atoms with E-state index in [1.807, 2.05) is 67.6 Å². The highest BCUT2D eigenvalue weighted by molar-refractivity contribution is 6.30. The standard InChI is InChI=1S/C31H33ClN4O4/c1-19(22-14-12-21(13-15-22)18-36-20(2)34-25-9-3-4-10-27(25)36)33-30(39)28(37)29(38)31(40)35-16-6-11-26(35)23-7-5-8-24(32)17-23/h3-5,7-10,12-15,17,19,26,28-29,37-38H,6,11,16,18H2,1-2H3,(H,33,39)/t19-,26?,28-,29-/m1/s1. The Morgan fingerprint density at radius 1 is 1.05 bits per heavy atom. The van der Waals surface area contributed by atoms with Crippen LogP contribution in [0, 0.1) is 6.92 Å². The van der Waals surface area contributed by atoms with E-state index in [4.69, 9.17) is 11.6 Å². The van der Waals surface area contributed by atoms with Gasteiger partial charge < -0.3 is 25.0 Å². The van der Waals surface area contributed by atoms with Crippen LogP contribution in [0.3, 0.4) is 0 Å². The molecule has 208 valence electrons. The summed E-state index contributed by atoms with van der Waals surface area (Å²) in [6.07, 6.45) is -2.30. The summed E-state index contributed by atoms with van der Waals surface area (Å²) in [5, 5.41) is 24.5. The molecule has 8 nitrogen and oxygen atoms in total. The molecule has 0 saturated carbocycles. The van der Waals surface area contributed by atoms with Crippen molar-refractivity contribution >= 4 is 34.4 Å². The fraction of sp³-hybridized carbons (Fsp3) is 0.323. The van der Waals surface area contributed by atoms with Crippen molar-refractivity contribution in [2.45, 2.75) is 57.5 Å². The van der Waals surface area contributed by atoms with Gasteiger partial charge in [0.1, 0.15) is 5.82 Å². The number of amides is 2. The van der Waals surface area contributed by atoms with E-state index in [0.717, 1.165) is 40.0 Å². The number of nitrogens with one attached hydrogen (secondary N) is 1. The van der Waals surface area contributed by atoms with Gasteiger partial charge in [0.15, 0.2) is 12.2 Å². The molecule has 0 bridgehead atoms. The van der Waals surface area contributed by atoms with Gasteiger partial charge in [-0.15, -0.1) is 0 Å². The average molecular weight is 561 g/mol. The maximum Gasteiger partial charge on any atom is 0.255 e. The lowest BCUT2D eigenvalue weighted by atomic mass is 10.0. The van der Waals surface area contributed by atoms with Gasteiger partial charge in [-0.1, -0.05) is 60.1 Å². The second-order valence-electron chi connectivity index (χ2n) is 10.3. The van der Waals surface area contributed by atoms with E-state index in [1.54, 1.807) is 19.1 Å². The molecule has 40 heavy (non-hydrogen) atoms. The van der Waals surface area contributed by atoms with Gasteiger partial charge in [-0.3, -0.25) is 9.59 Å². The van der Waals surface area contributed by atoms with Gasteiger partial charge in [0, 0.05) is 18.1 Å². The van der Waals surface area contributed by atoms with Crippen LogP contribution >= 0.6 is 11.6 Å². The van der Waals surface area contributed by atoms with Crippen LogP contribution in [-0.2, 0) is 16.1 Å². The van der Waals surface area contributed by atoms with Crippen molar-refractivity contribution in [1.29, 1.82) is 0 Å². The summed E-state index contributed by atoms with van der Waals surface area (Å²) < 4.78 is 2.15. The summed E-state index contributed by atoms with van der Waals surface area (Å²) in [4.78, 5) is 32.0. The summed E-state index contributed by atoms with van der Waals surface area (Å²) in [7, 11) is 0. The molecule has 4 aromatic rings. The number of carbonyl (C=O) groups is 2. The van der Waals surface area contributed by atoms with Gasteiger partial charge >= 0.3 is 0 Å². The van der Waals surface area contributed by atoms with Gasteiger partial charge in [-0.25, -0.2) is 4.98 Å². The number of likely N-dealkylation sites (tertiary alicyclic amines) is 1. The van der Waals surface area contributed by atoms with E-state index in [0.29, 0.717) is 24.5 Å². The number of halogens is 1. The Bertz CT molecular complexity index is 1520. The highest BCUT2D eigenvalue weighted by Crippen LogP contribution is 2.33. The van der Waals surface area contributed by atoms with Crippen LogP contribution in [0.2, 0.25) is 5.02 Å². The zero-order chi connectivity index (χ0) is 28.4. The Hall–Kier alpha value is -3.72. The van der Waals surface area contributed by atoms with E-state index < -0.39 is 30.1 Å². The van der Waals surface area contributed by atoms with Crippen LogP contribution in [0.5, 0.6) is 0 Å². The third kappa shape index (κ3) is 5.75. The first-order valence-electron chi connectivity index (χ1n) is 13.5. The zero-order valence-corrected chi connectivity index (χ0v) is 23.3. The minimum atomic E-state index is -1.90. The number of para-hydroxylation sites is 2. The summed E-state index contributed by atoms with van der Waals surface area (Å²) >= 11 is 6.12. The summed E-state index contributed by atoms with van der Waals surface area (Å²) in [6.45, 7) is 4.86. The van der Waals surface area contributed by atoms with Crippen molar-refractivity contribution in [3.63, 3.8) is 0 Å². The van der Waals surface area contributed by atoms with Gasteiger partial charge in [0.05, 0.1) is 23.1 Å². The maximum atomic E-state index is 13.1. The molecule has 1 saturated heterocycles. The Labute approximate surface area is 238 Å². The average Bonchev–Trinajstić information content (AvgIpc) is 3.57. The summed E-state index contributed by atoms with van der Waals surface area (Å²) in [5.41, 5.74) is 4.79. The lowest BCUT2D eigenvalue weighted by molar-refractivity contribution is -0.154. The van der Waals surface area contributed by atoms with Crippen molar-refractivity contribution in [1.82, 2.24) is 19.8 Å². The number of aromatic nitrogens is 2. The molecule has 2 heterocycles. The molecular formula is C31H33ClN4O4. The number of hydrogen-bond donors (Lipinski definition) is 3. The SMILES string of the molecule is Cc1nc2ccccc2n1Cc1ccc([C@@H](C)NC(=O)[C@H](O)[C@@H](O)C(=O)N2CCCC2c2cccc(Cl)c2)cc1. The molecule has 1 fully saturated rings. The van der Waals surface area contributed by atoms with Gasteiger partial charge in [0.25, 0.3) is 11.8 Å². The van der Waals surface area contributed by atoms with Crippen LogP contribution in [0.4, 0.5) is 0 Å². The van der Waals surface area contributed by atoms with Gasteiger partial charge in [0.2, 0.25) is 0 Å². The lowest BCUT2D eigenvalue weighted by Crippen LogP contribution is -2.50. The fourth-order valence-electron chi connectivity index (χ4n) is 5.41. The highest BCUT2D eigenvalue weighted by atomic mass is 35.5. The number of aliphatic hydroxyl groups is 2. The lowest BCUT2D eigenvalue weighted by Gasteiger charge is -2.29. The topological polar surface area (TPSA) is 108 Å². The van der Waals surface area contributed by atoms with Crippen LogP contribution in [0.25, 0.3) is 11.0 Å². The monoisotopic (exact) mass is 560 g/mol. The highest BCUT2D eigenvalue weighted by Gasteiger charge is 2.38. The molecule has 4 atom stereocenters. The van der Waals surface area contributed by atoms with Crippen LogP contribution < -0.4 is 5.32 Å². The normalized spacial score (nSPS) is 17.5. The first kappa shape index (κ1) is 27.8. The molecular weight excluding hydrogens is 528 g/mol. The molecule has 9 heteroatoms. The van der Waals surface area contributed by atoms with Crippen LogP contribution in [-0.4, -0.2) is 55.2 Å². The molecule has 1 aliphatic heterocycles. The number of benzene rings is 3. The number of hydrogen-bond acceptors (Lipinski definition) is 5. The van der Waals surface area contributed by atoms with Gasteiger partial charge in [-0.2, -0.15) is 0 Å². The second-order valence-corrected chi connectivity index (χ2v) is 10.8. The van der Waals surface area contributed by atoms with Crippen molar-refractivity contribution in [2.24, 2.45) is 0 Å². The Kier molecular flexibility index (Phi) is 8.21. The molecule has 1 unspecified atom stereocenters. The predicted molar refractivity (Wildman–Crippen MR) is 154 cm³/mol. The number of fused-ring (bicyclic) bond motifs is 1. The molecule has 1 aromatic heterocycles. The van der Waals surface area contributed by atoms with Crippen molar-refractivity contribution in [3.8, 4) is 0 Å². The first-order chi connectivity index (χ1) is 19.2. The molecule has 3 aromatic carbocycles. The van der Waals surface area contributed by atoms with E-state index in [-0.39, 0.29) is 6.04 Å². The van der Waals surface area contributed by atoms with Crippen molar-refractivity contribution in [3.05, 3.63) is 100 Å². The van der Waals surface area contributed by atoms with Crippen LogP contribution in [0.15, 0.2) is 72.8 Å². The smallest absolute Gasteiger partial charge is 0.255 e.